The number of nitrogens with zero attached hydrogens (tertiary/aromatic N) is 2. The molecule has 19 heavy (non-hydrogen) atoms. The van der Waals surface area contributed by atoms with Crippen LogP contribution in [-0.2, 0) is 11.2 Å². The molecule has 1 aliphatic rings. The van der Waals surface area contributed by atoms with Crippen molar-refractivity contribution >= 4 is 23.6 Å². The van der Waals surface area contributed by atoms with Gasteiger partial charge in [0.05, 0.1) is 12.5 Å². The molecule has 2 N–H and O–H groups in total. The summed E-state index contributed by atoms with van der Waals surface area (Å²) in [6.07, 6.45) is 0.776. The number of carboxylic acid groups (broad SMARTS) is 1. The van der Waals surface area contributed by atoms with E-state index in [1.807, 2.05) is 6.92 Å². The first-order valence-electron chi connectivity index (χ1n) is 6.26. The van der Waals surface area contributed by atoms with Crippen LogP contribution < -0.4 is 0 Å². The topological polar surface area (TPSA) is 86.3 Å². The number of hydrogen-bond acceptors (Lipinski definition) is 4. The Bertz CT molecular complexity index is 475. The van der Waals surface area contributed by atoms with Gasteiger partial charge in [-0.2, -0.15) is 16.9 Å². The first-order valence-corrected chi connectivity index (χ1v) is 7.42. The third-order valence-electron chi connectivity index (χ3n) is 3.13. The molecule has 0 saturated carbocycles. The van der Waals surface area contributed by atoms with Crippen molar-refractivity contribution < 1.29 is 14.7 Å². The predicted molar refractivity (Wildman–Crippen MR) is 72.4 cm³/mol. The highest BCUT2D eigenvalue weighted by atomic mass is 32.2. The molecule has 0 bridgehead atoms. The molecule has 1 unspecified atom stereocenters. The molecule has 1 aliphatic heterocycles. The Kier molecular flexibility index (Phi) is 4.47. The highest BCUT2D eigenvalue weighted by molar-refractivity contribution is 7.99. The van der Waals surface area contributed by atoms with E-state index >= 15 is 0 Å². The summed E-state index contributed by atoms with van der Waals surface area (Å²) in [6, 6.07) is 1.49. The van der Waals surface area contributed by atoms with Gasteiger partial charge in [-0.15, -0.1) is 0 Å². The van der Waals surface area contributed by atoms with Crippen LogP contribution in [0.4, 0.5) is 0 Å². The molecule has 1 amide bonds. The van der Waals surface area contributed by atoms with Crippen molar-refractivity contribution in [1.82, 2.24) is 15.1 Å². The molecular formula is C12H17N3O3S. The number of carbonyl (C=O) groups is 2. The van der Waals surface area contributed by atoms with Crippen molar-refractivity contribution in [1.29, 1.82) is 0 Å². The second-order valence-electron chi connectivity index (χ2n) is 4.46. The first-order chi connectivity index (χ1) is 9.11. The lowest BCUT2D eigenvalue weighted by Gasteiger charge is -2.34. The molecular weight excluding hydrogens is 266 g/mol. The van der Waals surface area contributed by atoms with Crippen LogP contribution in [0, 0.1) is 0 Å². The molecule has 2 rings (SSSR count). The van der Waals surface area contributed by atoms with Gasteiger partial charge in [-0.3, -0.25) is 14.7 Å². The third-order valence-corrected chi connectivity index (χ3v) is 4.22. The summed E-state index contributed by atoms with van der Waals surface area (Å²) >= 11 is 1.69. The molecule has 1 aromatic heterocycles. The van der Waals surface area contributed by atoms with Gasteiger partial charge in [-0.1, -0.05) is 6.92 Å². The van der Waals surface area contributed by atoms with Crippen molar-refractivity contribution in [2.24, 2.45) is 0 Å². The molecule has 7 heteroatoms. The second kappa shape index (κ2) is 6.10. The Hall–Kier alpha value is -1.50. The fourth-order valence-electron chi connectivity index (χ4n) is 2.09. The van der Waals surface area contributed by atoms with Crippen LogP contribution in [0.3, 0.4) is 0 Å². The molecule has 0 radical (unpaired) electrons. The minimum absolute atomic E-state index is 0.0101. The highest BCUT2D eigenvalue weighted by Gasteiger charge is 2.30. The van der Waals surface area contributed by atoms with Crippen LogP contribution in [0.5, 0.6) is 0 Å². The first kappa shape index (κ1) is 13.9. The zero-order valence-corrected chi connectivity index (χ0v) is 11.6. The summed E-state index contributed by atoms with van der Waals surface area (Å²) in [5.41, 5.74) is 1.28. The van der Waals surface area contributed by atoms with Gasteiger partial charge in [0.1, 0.15) is 5.69 Å². The predicted octanol–water partition coefficient (Wildman–Crippen LogP) is 1.00. The molecule has 1 fully saturated rings. The van der Waals surface area contributed by atoms with Crippen LogP contribution in [0.1, 0.15) is 29.5 Å². The minimum Gasteiger partial charge on any atom is -0.481 e. The smallest absolute Gasteiger partial charge is 0.305 e. The fourth-order valence-corrected chi connectivity index (χ4v) is 3.15. The molecule has 0 aliphatic carbocycles. The van der Waals surface area contributed by atoms with E-state index in [0.29, 0.717) is 18.0 Å². The van der Waals surface area contributed by atoms with Crippen molar-refractivity contribution in [3.63, 3.8) is 0 Å². The lowest BCUT2D eigenvalue weighted by molar-refractivity contribution is -0.138. The van der Waals surface area contributed by atoms with E-state index in [9.17, 15) is 9.59 Å². The summed E-state index contributed by atoms with van der Waals surface area (Å²) in [5.74, 6) is 0.458. The van der Waals surface area contributed by atoms with Gasteiger partial charge in [0.25, 0.3) is 5.91 Å². The van der Waals surface area contributed by atoms with E-state index in [-0.39, 0.29) is 18.4 Å². The van der Waals surface area contributed by atoms with E-state index < -0.39 is 5.97 Å². The van der Waals surface area contributed by atoms with Crippen LogP contribution in [-0.4, -0.2) is 56.2 Å². The summed E-state index contributed by atoms with van der Waals surface area (Å²) in [5, 5.41) is 15.7. The second-order valence-corrected chi connectivity index (χ2v) is 5.61. The molecule has 2 heterocycles. The van der Waals surface area contributed by atoms with E-state index in [0.717, 1.165) is 17.9 Å². The zero-order chi connectivity index (χ0) is 13.8. The molecule has 1 saturated heterocycles. The van der Waals surface area contributed by atoms with Gasteiger partial charge in [0.15, 0.2) is 0 Å². The van der Waals surface area contributed by atoms with Gasteiger partial charge in [0.2, 0.25) is 0 Å². The number of aryl methyl sites for hydroxylation is 1. The van der Waals surface area contributed by atoms with E-state index in [1.165, 1.54) is 0 Å². The minimum atomic E-state index is -0.874. The maximum absolute atomic E-state index is 12.4. The Morgan fingerprint density at radius 3 is 3.05 bits per heavy atom. The summed E-state index contributed by atoms with van der Waals surface area (Å²) < 4.78 is 0. The summed E-state index contributed by atoms with van der Waals surface area (Å²) in [4.78, 5) is 24.9. The number of amides is 1. The number of rotatable bonds is 4. The number of carbonyl (C=O) groups excluding carboxylic acids is 1. The Morgan fingerprint density at radius 2 is 2.42 bits per heavy atom. The molecule has 0 spiro atoms. The van der Waals surface area contributed by atoms with Crippen LogP contribution >= 0.6 is 11.8 Å². The summed E-state index contributed by atoms with van der Waals surface area (Å²) in [7, 11) is 0. The van der Waals surface area contributed by atoms with Crippen LogP contribution in [0.25, 0.3) is 0 Å². The van der Waals surface area contributed by atoms with Crippen molar-refractivity contribution in [2.75, 3.05) is 18.1 Å². The number of hydrogen-bond donors (Lipinski definition) is 2. The maximum Gasteiger partial charge on any atom is 0.305 e. The molecule has 1 atom stereocenters. The van der Waals surface area contributed by atoms with Crippen LogP contribution in [0.15, 0.2) is 6.07 Å². The Labute approximate surface area is 115 Å². The van der Waals surface area contributed by atoms with Gasteiger partial charge >= 0.3 is 5.97 Å². The third kappa shape index (κ3) is 3.28. The Balaban J connectivity index is 2.12. The number of thioether (sulfide) groups is 1. The quantitative estimate of drug-likeness (QED) is 0.861. The fraction of sp³-hybridized carbons (Fsp3) is 0.583. The monoisotopic (exact) mass is 283 g/mol. The largest absolute Gasteiger partial charge is 0.481 e. The number of H-pyrrole nitrogens is 1. The number of aliphatic carboxylic acids is 1. The van der Waals surface area contributed by atoms with E-state index in [1.54, 1.807) is 22.7 Å². The molecule has 6 nitrogen and oxygen atoms in total. The van der Waals surface area contributed by atoms with Gasteiger partial charge in [0, 0.05) is 23.7 Å². The average molecular weight is 283 g/mol. The highest BCUT2D eigenvalue weighted by Crippen LogP contribution is 2.21. The number of aromatic nitrogens is 2. The van der Waals surface area contributed by atoms with Crippen molar-refractivity contribution in [3.8, 4) is 0 Å². The number of carboxylic acids is 1. The summed E-state index contributed by atoms with van der Waals surface area (Å²) in [6.45, 7) is 2.56. The Morgan fingerprint density at radius 1 is 1.63 bits per heavy atom. The van der Waals surface area contributed by atoms with Crippen molar-refractivity contribution in [2.45, 2.75) is 25.8 Å². The lowest BCUT2D eigenvalue weighted by atomic mass is 10.1. The molecule has 0 aromatic carbocycles. The number of aromatic amines is 1. The molecule has 104 valence electrons. The zero-order valence-electron chi connectivity index (χ0n) is 10.8. The number of nitrogens with one attached hydrogen (secondary N) is 1. The van der Waals surface area contributed by atoms with E-state index in [4.69, 9.17) is 5.11 Å². The van der Waals surface area contributed by atoms with Crippen LogP contribution in [0.2, 0.25) is 0 Å². The van der Waals surface area contributed by atoms with Gasteiger partial charge in [-0.25, -0.2) is 0 Å². The van der Waals surface area contributed by atoms with Gasteiger partial charge in [-0.05, 0) is 12.5 Å². The molecule has 1 aromatic rings. The standard InChI is InChI=1S/C12H17N3O3S/c1-2-8-5-10(14-13-8)12(18)15-3-4-19-7-9(15)6-11(16)17/h5,9H,2-4,6-7H2,1H3,(H,13,14)(H,16,17). The van der Waals surface area contributed by atoms with Crippen molar-refractivity contribution in [3.05, 3.63) is 17.5 Å². The average Bonchev–Trinajstić information content (AvgIpc) is 2.86. The SMILES string of the molecule is CCc1cc(C(=O)N2CCSCC2CC(=O)O)n[nH]1. The lowest BCUT2D eigenvalue weighted by Crippen LogP contribution is -2.47. The van der Waals surface area contributed by atoms with Gasteiger partial charge < -0.3 is 10.0 Å². The maximum atomic E-state index is 12.4. The normalized spacial score (nSPS) is 19.4. The van der Waals surface area contributed by atoms with E-state index in [2.05, 4.69) is 10.2 Å².